The van der Waals surface area contributed by atoms with Gasteiger partial charge in [0.1, 0.15) is 24.4 Å². The van der Waals surface area contributed by atoms with Crippen molar-refractivity contribution in [1.82, 2.24) is 5.32 Å². The van der Waals surface area contributed by atoms with Gasteiger partial charge in [0.15, 0.2) is 12.4 Å². The van der Waals surface area contributed by atoms with E-state index >= 15 is 0 Å². The van der Waals surface area contributed by atoms with Crippen LogP contribution >= 0.6 is 0 Å². The van der Waals surface area contributed by atoms with Crippen molar-refractivity contribution in [2.45, 2.75) is 384 Å². The molecule has 1 rings (SSSR count). The normalized spacial score (nSPS) is 18.8. The Bertz CT molecular complexity index is 1460. The second kappa shape index (κ2) is 58.3. The summed E-state index contributed by atoms with van der Waals surface area (Å²) in [5.74, 6) is -1.18. The zero-order valence-corrected chi connectivity index (χ0v) is 52.9. The van der Waals surface area contributed by atoms with Gasteiger partial charge in [-0.25, -0.2) is 0 Å². The van der Waals surface area contributed by atoms with Gasteiger partial charge >= 0.3 is 5.97 Å². The van der Waals surface area contributed by atoms with Gasteiger partial charge in [0, 0.05) is 6.42 Å². The van der Waals surface area contributed by atoms with Crippen LogP contribution in [0.2, 0.25) is 0 Å². The maximum atomic E-state index is 13.5. The predicted molar refractivity (Wildman–Crippen MR) is 338 cm³/mol. The molecule has 0 bridgehead atoms. The number of hydrogen-bond donors (Lipinski definition) is 6. The van der Waals surface area contributed by atoms with Crippen molar-refractivity contribution in [3.63, 3.8) is 0 Å². The first-order valence-electron chi connectivity index (χ1n) is 34.8. The predicted octanol–water partition coefficient (Wildman–Crippen LogP) is 17.4. The zero-order valence-electron chi connectivity index (χ0n) is 52.9. The molecule has 0 radical (unpaired) electrons. The number of unbranched alkanes of at least 4 members (excludes halogenated alkanes) is 42. The average molecular weight is 1150 g/mol. The quantitative estimate of drug-likeness (QED) is 0.0195. The SMILES string of the molecule is CCCCC/C=C\C/C=C\CCCCCCCCCCCCCCCC(=O)OC1C(OCC(NC(=O)C(O)CCCCCCCCCCCCCCCCCCCC)C(O)/C=C/CCCCCCCCCCC)OC(CO)C(O)C1O. The molecule has 6 N–H and O–H groups in total. The number of esters is 1. The van der Waals surface area contributed by atoms with Gasteiger partial charge in [0.05, 0.1) is 25.4 Å². The van der Waals surface area contributed by atoms with Crippen LogP contribution in [0.5, 0.6) is 0 Å². The minimum absolute atomic E-state index is 0.126. The van der Waals surface area contributed by atoms with Gasteiger partial charge in [-0.3, -0.25) is 9.59 Å². The Balaban J connectivity index is 2.56. The first-order chi connectivity index (χ1) is 39.7. The van der Waals surface area contributed by atoms with Crippen molar-refractivity contribution >= 4 is 11.9 Å². The fourth-order valence-corrected chi connectivity index (χ4v) is 11.0. The van der Waals surface area contributed by atoms with E-state index in [-0.39, 0.29) is 13.0 Å². The van der Waals surface area contributed by atoms with Crippen molar-refractivity contribution in [1.29, 1.82) is 0 Å². The zero-order chi connectivity index (χ0) is 58.9. The number of nitrogens with one attached hydrogen (secondary N) is 1. The second-order valence-corrected chi connectivity index (χ2v) is 24.3. The lowest BCUT2D eigenvalue weighted by Gasteiger charge is -2.41. The van der Waals surface area contributed by atoms with Gasteiger partial charge in [-0.05, 0) is 57.8 Å². The summed E-state index contributed by atoms with van der Waals surface area (Å²) in [6.45, 7) is 5.81. The molecule has 1 aliphatic rings. The minimum atomic E-state index is -1.61. The van der Waals surface area contributed by atoms with Crippen molar-refractivity contribution < 1.29 is 49.3 Å². The maximum Gasteiger partial charge on any atom is 0.306 e. The van der Waals surface area contributed by atoms with Crippen molar-refractivity contribution in [2.75, 3.05) is 13.2 Å². The Hall–Kier alpha value is -2.12. The highest BCUT2D eigenvalue weighted by molar-refractivity contribution is 5.80. The number of rotatable bonds is 60. The van der Waals surface area contributed by atoms with Crippen molar-refractivity contribution in [2.24, 2.45) is 0 Å². The number of aliphatic hydroxyl groups excluding tert-OH is 5. The largest absolute Gasteiger partial charge is 0.454 e. The van der Waals surface area contributed by atoms with E-state index in [2.05, 4.69) is 50.4 Å². The molecule has 81 heavy (non-hydrogen) atoms. The fraction of sp³-hybridized carbons (Fsp3) is 0.886. The highest BCUT2D eigenvalue weighted by Gasteiger charge is 2.47. The summed E-state index contributed by atoms with van der Waals surface area (Å²) < 4.78 is 17.7. The van der Waals surface area contributed by atoms with Crippen LogP contribution in [0, 0.1) is 0 Å². The lowest BCUT2D eigenvalue weighted by molar-refractivity contribution is -0.305. The molecule has 1 fully saturated rings. The first-order valence-corrected chi connectivity index (χ1v) is 34.8. The van der Waals surface area contributed by atoms with Crippen molar-refractivity contribution in [3.05, 3.63) is 36.5 Å². The number of amides is 1. The summed E-state index contributed by atoms with van der Waals surface area (Å²) in [7, 11) is 0. The van der Waals surface area contributed by atoms with Crippen LogP contribution in [0.1, 0.15) is 335 Å². The molecule has 476 valence electrons. The van der Waals surface area contributed by atoms with Crippen LogP contribution in [-0.2, 0) is 23.8 Å². The number of aliphatic hydroxyl groups is 5. The molecule has 0 aromatic rings. The number of allylic oxidation sites excluding steroid dienone is 5. The van der Waals surface area contributed by atoms with Crippen molar-refractivity contribution in [3.8, 4) is 0 Å². The smallest absolute Gasteiger partial charge is 0.306 e. The summed E-state index contributed by atoms with van der Waals surface area (Å²) in [5.41, 5.74) is 0. The molecule has 1 aliphatic heterocycles. The summed E-state index contributed by atoms with van der Waals surface area (Å²) in [4.78, 5) is 26.6. The molecular formula is C70H131NO10. The highest BCUT2D eigenvalue weighted by atomic mass is 16.7. The van der Waals surface area contributed by atoms with Crippen LogP contribution in [0.4, 0.5) is 0 Å². The highest BCUT2D eigenvalue weighted by Crippen LogP contribution is 2.26. The van der Waals surface area contributed by atoms with E-state index in [0.717, 1.165) is 64.2 Å². The molecule has 1 heterocycles. The lowest BCUT2D eigenvalue weighted by atomic mass is 9.99. The topological polar surface area (TPSA) is 175 Å². The van der Waals surface area contributed by atoms with E-state index in [0.29, 0.717) is 19.3 Å². The van der Waals surface area contributed by atoms with Gasteiger partial charge in [0.2, 0.25) is 5.91 Å². The summed E-state index contributed by atoms with van der Waals surface area (Å²) >= 11 is 0. The van der Waals surface area contributed by atoms with Crippen LogP contribution in [0.15, 0.2) is 36.5 Å². The van der Waals surface area contributed by atoms with E-state index in [1.54, 1.807) is 6.08 Å². The third-order valence-corrected chi connectivity index (χ3v) is 16.5. The molecule has 8 atom stereocenters. The Labute approximate surface area is 498 Å². The van der Waals surface area contributed by atoms with Gasteiger partial charge < -0.3 is 45.1 Å². The Morgan fingerprint density at radius 3 is 1.28 bits per heavy atom. The van der Waals surface area contributed by atoms with Gasteiger partial charge in [-0.15, -0.1) is 0 Å². The van der Waals surface area contributed by atoms with Crippen LogP contribution in [0.3, 0.4) is 0 Å². The Morgan fingerprint density at radius 1 is 0.481 bits per heavy atom. The molecule has 11 heteroatoms. The molecule has 0 aromatic heterocycles. The standard InChI is InChI=1S/C70H131NO10/c1-4-7-10-13-16-19-22-24-26-28-30-31-32-33-34-36-38-40-43-46-49-52-55-58-65(75)81-68-67(77)66(76)64(59-72)80-70(68)79-60-61(62(73)56-53-50-47-44-41-21-18-15-12-9-6-3)71-69(78)63(74)57-54-51-48-45-42-39-37-35-29-27-25-23-20-17-14-11-8-5-2/h16,19,24,26,53,56,61-64,66-68,70,72-74,76-77H,4-15,17-18,20-23,25,27-52,54-55,57-60H2,1-3H3,(H,71,78)/b19-16-,26-24-,56-53+. The maximum absolute atomic E-state index is 13.5. The third kappa shape index (κ3) is 45.9. The molecular weight excluding hydrogens is 1010 g/mol. The molecule has 0 aromatic carbocycles. The Kier molecular flexibility index (Phi) is 55.3. The second-order valence-electron chi connectivity index (χ2n) is 24.3. The number of hydrogen-bond acceptors (Lipinski definition) is 10. The van der Waals surface area contributed by atoms with Gasteiger partial charge in [-0.1, -0.05) is 308 Å². The monoisotopic (exact) mass is 1150 g/mol. The number of carbonyl (C=O) groups excluding carboxylic acids is 2. The van der Waals surface area contributed by atoms with E-state index < -0.39 is 67.4 Å². The average Bonchev–Trinajstić information content (AvgIpc) is 3.50. The molecule has 0 aliphatic carbocycles. The van der Waals surface area contributed by atoms with Crippen LogP contribution < -0.4 is 5.32 Å². The van der Waals surface area contributed by atoms with E-state index in [1.807, 2.05) is 6.08 Å². The molecule has 8 unspecified atom stereocenters. The third-order valence-electron chi connectivity index (χ3n) is 16.5. The number of ether oxygens (including phenoxy) is 3. The Morgan fingerprint density at radius 2 is 0.852 bits per heavy atom. The van der Waals surface area contributed by atoms with E-state index in [4.69, 9.17) is 14.2 Å². The van der Waals surface area contributed by atoms with Gasteiger partial charge in [-0.2, -0.15) is 0 Å². The first kappa shape index (κ1) is 76.9. The molecule has 1 saturated heterocycles. The molecule has 11 nitrogen and oxygen atoms in total. The minimum Gasteiger partial charge on any atom is -0.454 e. The molecule has 1 amide bonds. The summed E-state index contributed by atoms with van der Waals surface area (Å²) in [5, 5.41) is 57.1. The molecule has 0 spiro atoms. The van der Waals surface area contributed by atoms with Gasteiger partial charge in [0.25, 0.3) is 0 Å². The van der Waals surface area contributed by atoms with Crippen LogP contribution in [-0.4, -0.2) is 99.6 Å². The van der Waals surface area contributed by atoms with Crippen LogP contribution in [0.25, 0.3) is 0 Å². The fourth-order valence-electron chi connectivity index (χ4n) is 11.0. The van der Waals surface area contributed by atoms with E-state index in [9.17, 15) is 35.1 Å². The molecule has 0 saturated carbocycles. The summed E-state index contributed by atoms with van der Waals surface area (Å²) in [6.07, 6.45) is 60.4. The van der Waals surface area contributed by atoms with E-state index in [1.165, 1.54) is 225 Å². The summed E-state index contributed by atoms with van der Waals surface area (Å²) in [6, 6.07) is -1.02. The lowest BCUT2D eigenvalue weighted by Crippen LogP contribution is -2.61. The number of carbonyl (C=O) groups is 2.